The number of imidazole rings is 1. The van der Waals surface area contributed by atoms with Crippen LogP contribution in [0.2, 0.25) is 0 Å². The Balaban J connectivity index is 1.71. The van der Waals surface area contributed by atoms with E-state index in [0.29, 0.717) is 5.92 Å². The third-order valence-corrected chi connectivity index (χ3v) is 5.07. The van der Waals surface area contributed by atoms with Crippen molar-refractivity contribution in [1.29, 1.82) is 0 Å². The molecule has 0 spiro atoms. The SMILES string of the molecule is COc1ccc(Cn2cnc3cc4c(cc32)CC[C@@H]4C)cc1C. The largest absolute Gasteiger partial charge is 0.496 e. The second-order valence-corrected chi connectivity index (χ2v) is 6.66. The minimum absolute atomic E-state index is 0.670. The molecule has 3 aromatic rings. The van der Waals surface area contributed by atoms with Gasteiger partial charge in [-0.15, -0.1) is 0 Å². The van der Waals surface area contributed by atoms with E-state index in [1.807, 2.05) is 12.4 Å². The van der Waals surface area contributed by atoms with Gasteiger partial charge in [0.2, 0.25) is 0 Å². The molecule has 23 heavy (non-hydrogen) atoms. The predicted octanol–water partition coefficient (Wildman–Crippen LogP) is 4.45. The van der Waals surface area contributed by atoms with Gasteiger partial charge in [-0.1, -0.05) is 19.1 Å². The lowest BCUT2D eigenvalue weighted by Gasteiger charge is -2.10. The molecule has 0 aliphatic heterocycles. The van der Waals surface area contributed by atoms with E-state index < -0.39 is 0 Å². The highest BCUT2D eigenvalue weighted by Gasteiger charge is 2.20. The van der Waals surface area contributed by atoms with Crippen molar-refractivity contribution < 1.29 is 4.74 Å². The number of nitrogens with zero attached hydrogens (tertiary/aromatic N) is 2. The summed E-state index contributed by atoms with van der Waals surface area (Å²) in [6, 6.07) is 11.0. The summed E-state index contributed by atoms with van der Waals surface area (Å²) >= 11 is 0. The molecule has 0 N–H and O–H groups in total. The van der Waals surface area contributed by atoms with Crippen LogP contribution in [0, 0.1) is 6.92 Å². The first-order chi connectivity index (χ1) is 11.2. The van der Waals surface area contributed by atoms with Gasteiger partial charge in [-0.25, -0.2) is 4.98 Å². The fraction of sp³-hybridized carbons (Fsp3) is 0.350. The molecule has 0 amide bonds. The van der Waals surface area contributed by atoms with Crippen molar-refractivity contribution in [3.8, 4) is 5.75 Å². The molecule has 1 aliphatic carbocycles. The van der Waals surface area contributed by atoms with Crippen LogP contribution in [0.4, 0.5) is 0 Å². The molecule has 4 rings (SSSR count). The van der Waals surface area contributed by atoms with E-state index in [-0.39, 0.29) is 0 Å². The molecule has 0 bridgehead atoms. The number of ether oxygens (including phenoxy) is 1. The van der Waals surface area contributed by atoms with Crippen LogP contribution in [-0.2, 0) is 13.0 Å². The monoisotopic (exact) mass is 306 g/mol. The zero-order chi connectivity index (χ0) is 16.0. The van der Waals surface area contributed by atoms with Crippen LogP contribution in [0.5, 0.6) is 5.75 Å². The Morgan fingerprint density at radius 2 is 2.13 bits per heavy atom. The van der Waals surface area contributed by atoms with Crippen LogP contribution in [0.25, 0.3) is 11.0 Å². The van der Waals surface area contributed by atoms with Crippen LogP contribution in [0.15, 0.2) is 36.7 Å². The Morgan fingerprint density at radius 3 is 2.91 bits per heavy atom. The van der Waals surface area contributed by atoms with Gasteiger partial charge >= 0.3 is 0 Å². The van der Waals surface area contributed by atoms with Crippen LogP contribution in [0.3, 0.4) is 0 Å². The molecule has 3 nitrogen and oxygen atoms in total. The summed E-state index contributed by atoms with van der Waals surface area (Å²) in [6.07, 6.45) is 4.42. The summed E-state index contributed by atoms with van der Waals surface area (Å²) in [4.78, 5) is 4.62. The smallest absolute Gasteiger partial charge is 0.121 e. The summed E-state index contributed by atoms with van der Waals surface area (Å²) in [5.74, 6) is 1.61. The van der Waals surface area contributed by atoms with Crippen molar-refractivity contribution in [3.63, 3.8) is 0 Å². The van der Waals surface area contributed by atoms with E-state index in [0.717, 1.165) is 17.8 Å². The predicted molar refractivity (Wildman–Crippen MR) is 93.3 cm³/mol. The second-order valence-electron chi connectivity index (χ2n) is 6.66. The Bertz CT molecular complexity index is 879. The van der Waals surface area contributed by atoms with Gasteiger partial charge in [0.05, 0.1) is 24.5 Å². The molecule has 0 saturated carbocycles. The van der Waals surface area contributed by atoms with E-state index in [1.54, 1.807) is 7.11 Å². The molecule has 0 radical (unpaired) electrons. The number of rotatable bonds is 3. The molecule has 0 fully saturated rings. The summed E-state index contributed by atoms with van der Waals surface area (Å²) in [5, 5.41) is 0. The number of methoxy groups -OCH3 is 1. The minimum atomic E-state index is 0.670. The lowest BCUT2D eigenvalue weighted by atomic mass is 10.0. The zero-order valence-electron chi connectivity index (χ0n) is 14.0. The number of hydrogen-bond donors (Lipinski definition) is 0. The number of fused-ring (bicyclic) bond motifs is 2. The van der Waals surface area contributed by atoms with Crippen molar-refractivity contribution >= 4 is 11.0 Å². The first-order valence-corrected chi connectivity index (χ1v) is 8.27. The average Bonchev–Trinajstić information content (AvgIpc) is 3.10. The zero-order valence-corrected chi connectivity index (χ0v) is 14.0. The summed E-state index contributed by atoms with van der Waals surface area (Å²) in [7, 11) is 1.72. The molecule has 1 aromatic heterocycles. The highest BCUT2D eigenvalue weighted by Crippen LogP contribution is 2.35. The maximum Gasteiger partial charge on any atom is 0.121 e. The average molecular weight is 306 g/mol. The quantitative estimate of drug-likeness (QED) is 0.715. The van der Waals surface area contributed by atoms with Gasteiger partial charge in [-0.2, -0.15) is 0 Å². The lowest BCUT2D eigenvalue weighted by Crippen LogP contribution is -1.99. The highest BCUT2D eigenvalue weighted by molar-refractivity contribution is 5.78. The third-order valence-electron chi connectivity index (χ3n) is 5.07. The van der Waals surface area contributed by atoms with Gasteiger partial charge in [-0.05, 0) is 66.1 Å². The topological polar surface area (TPSA) is 27.1 Å². The third kappa shape index (κ3) is 2.40. The summed E-state index contributed by atoms with van der Waals surface area (Å²) < 4.78 is 7.60. The molecular weight excluding hydrogens is 284 g/mol. The van der Waals surface area contributed by atoms with E-state index in [1.165, 1.54) is 40.6 Å². The standard InChI is InChI=1S/C20H22N2O/c1-13-4-6-16-9-19-18(10-17(13)16)21-12-22(19)11-15-5-7-20(23-3)14(2)8-15/h5,7-10,12-13H,4,6,11H2,1-3H3/t13-/m0/s1. The van der Waals surface area contributed by atoms with E-state index in [9.17, 15) is 0 Å². The Morgan fingerprint density at radius 1 is 1.26 bits per heavy atom. The molecular formula is C20H22N2O. The van der Waals surface area contributed by atoms with Crippen molar-refractivity contribution in [2.45, 2.75) is 39.2 Å². The van der Waals surface area contributed by atoms with Gasteiger partial charge in [0.25, 0.3) is 0 Å². The molecule has 1 aliphatic rings. The van der Waals surface area contributed by atoms with E-state index in [4.69, 9.17) is 4.74 Å². The number of aromatic nitrogens is 2. The minimum Gasteiger partial charge on any atom is -0.496 e. The van der Waals surface area contributed by atoms with Gasteiger partial charge in [0, 0.05) is 6.54 Å². The second kappa shape index (κ2) is 5.41. The molecule has 3 heteroatoms. The molecule has 0 saturated heterocycles. The van der Waals surface area contributed by atoms with Crippen molar-refractivity contribution in [2.24, 2.45) is 0 Å². The number of benzene rings is 2. The molecule has 1 atom stereocenters. The van der Waals surface area contributed by atoms with Gasteiger partial charge in [-0.3, -0.25) is 0 Å². The van der Waals surface area contributed by atoms with Crippen molar-refractivity contribution in [2.75, 3.05) is 7.11 Å². The number of aryl methyl sites for hydroxylation is 2. The van der Waals surface area contributed by atoms with Crippen LogP contribution < -0.4 is 4.74 Å². The van der Waals surface area contributed by atoms with Gasteiger partial charge in [0.15, 0.2) is 0 Å². The fourth-order valence-corrected chi connectivity index (χ4v) is 3.73. The first-order valence-electron chi connectivity index (χ1n) is 8.27. The fourth-order valence-electron chi connectivity index (χ4n) is 3.73. The van der Waals surface area contributed by atoms with Crippen LogP contribution in [-0.4, -0.2) is 16.7 Å². The maximum atomic E-state index is 5.35. The van der Waals surface area contributed by atoms with Crippen molar-refractivity contribution in [3.05, 3.63) is 58.9 Å². The van der Waals surface area contributed by atoms with Gasteiger partial charge < -0.3 is 9.30 Å². The van der Waals surface area contributed by atoms with Crippen LogP contribution >= 0.6 is 0 Å². The van der Waals surface area contributed by atoms with Crippen molar-refractivity contribution in [1.82, 2.24) is 9.55 Å². The molecule has 2 aromatic carbocycles. The Labute approximate surface area is 136 Å². The maximum absolute atomic E-state index is 5.35. The highest BCUT2D eigenvalue weighted by atomic mass is 16.5. The summed E-state index contributed by atoms with van der Waals surface area (Å²) in [5.41, 5.74) is 7.79. The number of hydrogen-bond acceptors (Lipinski definition) is 2. The Hall–Kier alpha value is -2.29. The normalized spacial score (nSPS) is 16.7. The Kier molecular flexibility index (Phi) is 3.37. The van der Waals surface area contributed by atoms with Crippen LogP contribution in [0.1, 0.15) is 41.5 Å². The summed E-state index contributed by atoms with van der Waals surface area (Å²) in [6.45, 7) is 5.24. The lowest BCUT2D eigenvalue weighted by molar-refractivity contribution is 0.411. The molecule has 1 heterocycles. The first kappa shape index (κ1) is 14.3. The molecule has 118 valence electrons. The van der Waals surface area contributed by atoms with E-state index >= 15 is 0 Å². The van der Waals surface area contributed by atoms with E-state index in [2.05, 4.69) is 47.7 Å². The van der Waals surface area contributed by atoms with Gasteiger partial charge in [0.1, 0.15) is 5.75 Å². The molecule has 0 unspecified atom stereocenters.